The lowest BCUT2D eigenvalue weighted by Gasteiger charge is -2.24. The van der Waals surface area contributed by atoms with Gasteiger partial charge in [0.1, 0.15) is 11.4 Å². The largest absolute Gasteiger partial charge is 0.348 e. The lowest BCUT2D eigenvalue weighted by atomic mass is 9.97. The average molecular weight is 396 g/mol. The van der Waals surface area contributed by atoms with Gasteiger partial charge in [-0.2, -0.15) is 0 Å². The van der Waals surface area contributed by atoms with Gasteiger partial charge in [0.05, 0.1) is 28.8 Å². The minimum Gasteiger partial charge on any atom is -0.348 e. The van der Waals surface area contributed by atoms with E-state index >= 15 is 0 Å². The SMILES string of the molecule is C[C@]1(NC(=O)Cn2cnc3sc4c(c3c2=O)CCCC4)CCS(=O)(=O)C1. The summed E-state index contributed by atoms with van der Waals surface area (Å²) in [6.07, 6.45) is 5.89. The number of nitrogens with one attached hydrogen (secondary N) is 1. The minimum atomic E-state index is -3.11. The summed E-state index contributed by atoms with van der Waals surface area (Å²) in [6.45, 7) is 1.58. The zero-order valence-electron chi connectivity index (χ0n) is 14.6. The van der Waals surface area contributed by atoms with E-state index in [9.17, 15) is 18.0 Å². The smallest absolute Gasteiger partial charge is 0.262 e. The molecule has 2 aliphatic rings. The van der Waals surface area contributed by atoms with Gasteiger partial charge in [0.25, 0.3) is 5.56 Å². The first-order valence-electron chi connectivity index (χ1n) is 8.77. The van der Waals surface area contributed by atoms with Crippen molar-refractivity contribution in [2.75, 3.05) is 11.5 Å². The molecule has 1 amide bonds. The predicted molar refractivity (Wildman–Crippen MR) is 100 cm³/mol. The van der Waals surface area contributed by atoms with Crippen molar-refractivity contribution >= 4 is 37.3 Å². The Morgan fingerprint density at radius 3 is 2.88 bits per heavy atom. The van der Waals surface area contributed by atoms with Crippen LogP contribution < -0.4 is 10.9 Å². The molecular weight excluding hydrogens is 374 g/mol. The zero-order chi connectivity index (χ0) is 18.5. The standard InChI is InChI=1S/C17H21N3O4S2/c1-17(6-7-26(23,24)9-17)19-13(21)8-20-10-18-15-14(16(20)22)11-4-2-3-5-12(11)25-15/h10H,2-9H2,1H3,(H,19,21)/t17-/m0/s1. The first kappa shape index (κ1) is 17.7. The van der Waals surface area contributed by atoms with Crippen LogP contribution in [0.25, 0.3) is 10.2 Å². The second-order valence-electron chi connectivity index (χ2n) is 7.52. The molecule has 2 aromatic heterocycles. The molecule has 3 heterocycles. The highest BCUT2D eigenvalue weighted by Crippen LogP contribution is 2.33. The normalized spacial score (nSPS) is 24.5. The van der Waals surface area contributed by atoms with Gasteiger partial charge in [0.2, 0.25) is 5.91 Å². The number of aryl methyl sites for hydroxylation is 2. The Morgan fingerprint density at radius 1 is 1.38 bits per heavy atom. The molecule has 9 heteroatoms. The van der Waals surface area contributed by atoms with E-state index in [0.717, 1.165) is 36.1 Å². The third kappa shape index (κ3) is 3.18. The van der Waals surface area contributed by atoms with Crippen molar-refractivity contribution in [1.29, 1.82) is 0 Å². The Labute approximate surface area is 155 Å². The number of hydrogen-bond acceptors (Lipinski definition) is 6. The summed E-state index contributed by atoms with van der Waals surface area (Å²) < 4.78 is 24.7. The fourth-order valence-corrected chi connectivity index (χ4v) is 7.25. The lowest BCUT2D eigenvalue weighted by molar-refractivity contribution is -0.123. The number of nitrogens with zero attached hydrogens (tertiary/aromatic N) is 2. The van der Waals surface area contributed by atoms with Crippen LogP contribution in [0, 0.1) is 0 Å². The van der Waals surface area contributed by atoms with E-state index in [1.54, 1.807) is 18.3 Å². The molecule has 2 aromatic rings. The lowest BCUT2D eigenvalue weighted by Crippen LogP contribution is -2.48. The molecule has 1 saturated heterocycles. The zero-order valence-corrected chi connectivity index (χ0v) is 16.2. The maximum atomic E-state index is 12.9. The van der Waals surface area contributed by atoms with Gasteiger partial charge in [-0.1, -0.05) is 0 Å². The maximum Gasteiger partial charge on any atom is 0.262 e. The van der Waals surface area contributed by atoms with E-state index in [4.69, 9.17) is 0 Å². The van der Waals surface area contributed by atoms with Crippen LogP contribution in [-0.2, 0) is 34.0 Å². The number of carbonyl (C=O) groups excluding carboxylic acids is 1. The molecule has 4 rings (SSSR count). The summed E-state index contributed by atoms with van der Waals surface area (Å²) in [4.78, 5) is 31.6. The summed E-state index contributed by atoms with van der Waals surface area (Å²) in [5.74, 6) is -0.342. The quantitative estimate of drug-likeness (QED) is 0.837. The van der Waals surface area contributed by atoms with Gasteiger partial charge in [0, 0.05) is 4.88 Å². The van der Waals surface area contributed by atoms with Crippen molar-refractivity contribution in [2.24, 2.45) is 0 Å². The number of sulfone groups is 1. The molecule has 0 radical (unpaired) electrons. The number of fused-ring (bicyclic) bond motifs is 3. The molecular formula is C17H21N3O4S2. The topological polar surface area (TPSA) is 98.1 Å². The molecule has 0 spiro atoms. The monoisotopic (exact) mass is 395 g/mol. The Balaban J connectivity index is 1.59. The molecule has 1 fully saturated rings. The first-order chi connectivity index (χ1) is 12.3. The Morgan fingerprint density at radius 2 is 2.15 bits per heavy atom. The van der Waals surface area contributed by atoms with Crippen LogP contribution in [0.4, 0.5) is 0 Å². The number of rotatable bonds is 3. The highest BCUT2D eigenvalue weighted by Gasteiger charge is 2.39. The van der Waals surface area contributed by atoms with Gasteiger partial charge in [-0.3, -0.25) is 14.2 Å². The predicted octanol–water partition coefficient (Wildman–Crippen LogP) is 1.03. The molecule has 1 aliphatic heterocycles. The van der Waals surface area contributed by atoms with Crippen LogP contribution in [0.1, 0.15) is 36.6 Å². The highest BCUT2D eigenvalue weighted by atomic mass is 32.2. The van der Waals surface area contributed by atoms with E-state index in [1.165, 1.54) is 15.8 Å². The van der Waals surface area contributed by atoms with Gasteiger partial charge in [0.15, 0.2) is 9.84 Å². The van der Waals surface area contributed by atoms with Gasteiger partial charge in [-0.25, -0.2) is 13.4 Å². The van der Waals surface area contributed by atoms with Gasteiger partial charge in [-0.05, 0) is 44.6 Å². The number of amides is 1. The number of hydrogen-bond donors (Lipinski definition) is 1. The van der Waals surface area contributed by atoms with Crippen molar-refractivity contribution in [1.82, 2.24) is 14.9 Å². The maximum absolute atomic E-state index is 12.9. The van der Waals surface area contributed by atoms with E-state index in [1.807, 2.05) is 0 Å². The first-order valence-corrected chi connectivity index (χ1v) is 11.4. The van der Waals surface area contributed by atoms with Crippen LogP contribution in [0.3, 0.4) is 0 Å². The van der Waals surface area contributed by atoms with Crippen LogP contribution in [0.15, 0.2) is 11.1 Å². The van der Waals surface area contributed by atoms with Crippen LogP contribution in [0.2, 0.25) is 0 Å². The third-order valence-corrected chi connectivity index (χ3v) is 8.30. The van der Waals surface area contributed by atoms with Gasteiger partial charge in [-0.15, -0.1) is 11.3 Å². The molecule has 1 atom stereocenters. The molecule has 0 unspecified atom stereocenters. The Bertz CT molecular complexity index is 1050. The molecule has 1 aliphatic carbocycles. The molecule has 7 nitrogen and oxygen atoms in total. The number of aromatic nitrogens is 2. The van der Waals surface area contributed by atoms with Crippen molar-refractivity contribution < 1.29 is 13.2 Å². The third-order valence-electron chi connectivity index (χ3n) is 5.20. The summed E-state index contributed by atoms with van der Waals surface area (Å²) in [6, 6.07) is 0. The fourth-order valence-electron chi connectivity index (χ4n) is 3.93. The molecule has 26 heavy (non-hydrogen) atoms. The van der Waals surface area contributed by atoms with Crippen molar-refractivity contribution in [3.8, 4) is 0 Å². The molecule has 0 saturated carbocycles. The van der Waals surface area contributed by atoms with Crippen LogP contribution in [0.5, 0.6) is 0 Å². The van der Waals surface area contributed by atoms with Gasteiger partial charge >= 0.3 is 0 Å². The number of thiophene rings is 1. The fraction of sp³-hybridized carbons (Fsp3) is 0.588. The van der Waals surface area contributed by atoms with E-state index in [0.29, 0.717) is 11.8 Å². The van der Waals surface area contributed by atoms with E-state index < -0.39 is 15.4 Å². The molecule has 0 bridgehead atoms. The highest BCUT2D eigenvalue weighted by molar-refractivity contribution is 7.91. The van der Waals surface area contributed by atoms with Crippen molar-refractivity contribution in [3.05, 3.63) is 27.1 Å². The summed E-state index contributed by atoms with van der Waals surface area (Å²) in [5.41, 5.74) is 0.143. The van der Waals surface area contributed by atoms with Gasteiger partial charge < -0.3 is 5.32 Å². The summed E-state index contributed by atoms with van der Waals surface area (Å²) >= 11 is 1.58. The average Bonchev–Trinajstić information content (AvgIpc) is 3.07. The summed E-state index contributed by atoms with van der Waals surface area (Å²) in [5, 5.41) is 3.44. The Hall–Kier alpha value is -1.74. The van der Waals surface area contributed by atoms with Crippen LogP contribution in [-0.4, -0.2) is 40.9 Å². The van der Waals surface area contributed by atoms with E-state index in [-0.39, 0.29) is 29.5 Å². The molecule has 1 N–H and O–H groups in total. The number of carbonyl (C=O) groups is 1. The second kappa shape index (κ2) is 6.16. The summed E-state index contributed by atoms with van der Waals surface area (Å²) in [7, 11) is -3.11. The second-order valence-corrected chi connectivity index (χ2v) is 10.8. The molecule has 0 aromatic carbocycles. The molecule has 140 valence electrons. The Kier molecular flexibility index (Phi) is 4.18. The minimum absolute atomic E-state index is 0.0596. The van der Waals surface area contributed by atoms with Crippen LogP contribution >= 0.6 is 11.3 Å². The van der Waals surface area contributed by atoms with Crippen molar-refractivity contribution in [2.45, 2.75) is 51.1 Å². The van der Waals surface area contributed by atoms with E-state index in [2.05, 4.69) is 10.3 Å². The van der Waals surface area contributed by atoms with Crippen molar-refractivity contribution in [3.63, 3.8) is 0 Å².